The largest absolute Gasteiger partial charge is 0.359 e. The summed E-state index contributed by atoms with van der Waals surface area (Å²) in [7, 11) is 0. The van der Waals surface area contributed by atoms with Crippen molar-refractivity contribution in [1.29, 1.82) is 0 Å². The molecule has 2 N–H and O–H groups in total. The molecule has 0 aliphatic carbocycles. The molecule has 2 unspecified atom stereocenters. The van der Waals surface area contributed by atoms with E-state index in [4.69, 9.17) is 0 Å². The van der Waals surface area contributed by atoms with Crippen LogP contribution >= 0.6 is 0 Å². The van der Waals surface area contributed by atoms with Crippen LogP contribution in [0, 0.1) is 17.5 Å². The Kier molecular flexibility index (Phi) is 5.58. The number of carbonyl (C=O) groups excluding carboxylic acids is 2. The van der Waals surface area contributed by atoms with Gasteiger partial charge in [0.25, 0.3) is 0 Å². The fraction of sp³-hybridized carbons (Fsp3) is 0.300. The van der Waals surface area contributed by atoms with Gasteiger partial charge < -0.3 is 15.5 Å². The minimum atomic E-state index is -1.67. The van der Waals surface area contributed by atoms with E-state index in [0.29, 0.717) is 12.6 Å². The molecule has 0 spiro atoms. The summed E-state index contributed by atoms with van der Waals surface area (Å²) in [6.07, 6.45) is 0. The lowest BCUT2D eigenvalue weighted by molar-refractivity contribution is -0.124. The number of nitrogens with zero attached hydrogens (tertiary/aromatic N) is 1. The van der Waals surface area contributed by atoms with Gasteiger partial charge in [-0.1, -0.05) is 25.1 Å². The van der Waals surface area contributed by atoms with Gasteiger partial charge in [-0.2, -0.15) is 0 Å². The van der Waals surface area contributed by atoms with Crippen molar-refractivity contribution in [2.24, 2.45) is 0 Å². The summed E-state index contributed by atoms with van der Waals surface area (Å²) in [4.78, 5) is 26.4. The first-order valence-corrected chi connectivity index (χ1v) is 8.86. The third kappa shape index (κ3) is 3.81. The van der Waals surface area contributed by atoms with E-state index in [-0.39, 0.29) is 11.8 Å². The molecule has 0 saturated carbocycles. The van der Waals surface area contributed by atoms with E-state index >= 15 is 0 Å². The monoisotopic (exact) mass is 391 g/mol. The maximum atomic E-state index is 13.6. The molecule has 0 fully saturated rings. The molecule has 1 aliphatic rings. The van der Waals surface area contributed by atoms with E-state index in [9.17, 15) is 22.8 Å². The Labute approximate surface area is 160 Å². The number of halogens is 3. The molecule has 2 aromatic rings. The van der Waals surface area contributed by atoms with E-state index < -0.39 is 41.6 Å². The molecule has 28 heavy (non-hydrogen) atoms. The molecule has 0 aromatic heterocycles. The highest BCUT2D eigenvalue weighted by molar-refractivity contribution is 5.96. The van der Waals surface area contributed by atoms with Crippen molar-refractivity contribution in [1.82, 2.24) is 5.32 Å². The second kappa shape index (κ2) is 7.92. The van der Waals surface area contributed by atoms with Crippen LogP contribution in [0.5, 0.6) is 0 Å². The standard InChI is InChI=1S/C20H20F3N3O2/c1-11-10-26(16-6-4-3-5-13(11)16)12(2)20(28)24-9-17(27)25-15-8-7-14(21)18(22)19(15)23/h3-8,11-12H,9-10H2,1-2H3,(H,24,28)(H,25,27). The Balaban J connectivity index is 1.58. The van der Waals surface area contributed by atoms with Crippen LogP contribution in [-0.2, 0) is 9.59 Å². The first-order valence-electron chi connectivity index (χ1n) is 8.86. The van der Waals surface area contributed by atoms with Gasteiger partial charge in [0.2, 0.25) is 11.8 Å². The second-order valence-electron chi connectivity index (χ2n) is 6.78. The number of amides is 2. The Morgan fingerprint density at radius 1 is 1.14 bits per heavy atom. The van der Waals surface area contributed by atoms with E-state index in [1.54, 1.807) is 6.92 Å². The Morgan fingerprint density at radius 2 is 1.86 bits per heavy atom. The van der Waals surface area contributed by atoms with E-state index in [1.807, 2.05) is 29.2 Å². The number of carbonyl (C=O) groups is 2. The molecule has 2 amide bonds. The summed E-state index contributed by atoms with van der Waals surface area (Å²) in [5, 5.41) is 4.60. The normalized spacial score (nSPS) is 16.5. The van der Waals surface area contributed by atoms with Crippen LogP contribution in [0.4, 0.5) is 24.5 Å². The minimum Gasteiger partial charge on any atom is -0.359 e. The van der Waals surface area contributed by atoms with Crippen LogP contribution in [0.3, 0.4) is 0 Å². The molecule has 5 nitrogen and oxygen atoms in total. The molecule has 0 bridgehead atoms. The fourth-order valence-electron chi connectivity index (χ4n) is 3.30. The average Bonchev–Trinajstić information content (AvgIpc) is 3.03. The summed E-state index contributed by atoms with van der Waals surface area (Å²) >= 11 is 0. The van der Waals surface area contributed by atoms with Gasteiger partial charge in [-0.05, 0) is 30.7 Å². The van der Waals surface area contributed by atoms with E-state index in [0.717, 1.165) is 17.3 Å². The molecule has 0 radical (unpaired) electrons. The number of anilines is 2. The van der Waals surface area contributed by atoms with Gasteiger partial charge in [-0.15, -0.1) is 0 Å². The molecule has 2 atom stereocenters. The van der Waals surface area contributed by atoms with Gasteiger partial charge >= 0.3 is 0 Å². The van der Waals surface area contributed by atoms with Gasteiger partial charge in [0.1, 0.15) is 6.04 Å². The number of para-hydroxylation sites is 1. The molecule has 2 aromatic carbocycles. The molecule has 0 saturated heterocycles. The molecule has 8 heteroatoms. The first kappa shape index (κ1) is 19.7. The summed E-state index contributed by atoms with van der Waals surface area (Å²) in [6, 6.07) is 8.93. The smallest absolute Gasteiger partial charge is 0.243 e. The number of fused-ring (bicyclic) bond motifs is 1. The van der Waals surface area contributed by atoms with Crippen molar-refractivity contribution in [3.63, 3.8) is 0 Å². The predicted molar refractivity (Wildman–Crippen MR) is 99.6 cm³/mol. The van der Waals surface area contributed by atoms with Crippen molar-refractivity contribution in [2.45, 2.75) is 25.8 Å². The zero-order chi connectivity index (χ0) is 20.4. The lowest BCUT2D eigenvalue weighted by atomic mass is 10.0. The summed E-state index contributed by atoms with van der Waals surface area (Å²) in [5.74, 6) is -5.35. The topological polar surface area (TPSA) is 61.4 Å². The summed E-state index contributed by atoms with van der Waals surface area (Å²) in [5.41, 5.74) is 1.65. The van der Waals surface area contributed by atoms with Crippen molar-refractivity contribution >= 4 is 23.2 Å². The Bertz CT molecular complexity index is 920. The van der Waals surface area contributed by atoms with E-state index in [2.05, 4.69) is 17.6 Å². The molecule has 148 valence electrons. The van der Waals surface area contributed by atoms with Crippen LogP contribution in [0.2, 0.25) is 0 Å². The van der Waals surface area contributed by atoms with Crippen molar-refractivity contribution in [3.8, 4) is 0 Å². The minimum absolute atomic E-state index is 0.283. The number of benzene rings is 2. The molecular formula is C20H20F3N3O2. The predicted octanol–water partition coefficient (Wildman–Crippen LogP) is 3.17. The highest BCUT2D eigenvalue weighted by Crippen LogP contribution is 2.36. The highest BCUT2D eigenvalue weighted by atomic mass is 19.2. The molecule has 1 aliphatic heterocycles. The average molecular weight is 391 g/mol. The highest BCUT2D eigenvalue weighted by Gasteiger charge is 2.31. The quantitative estimate of drug-likeness (QED) is 0.770. The van der Waals surface area contributed by atoms with Gasteiger partial charge in [0, 0.05) is 18.2 Å². The van der Waals surface area contributed by atoms with Gasteiger partial charge in [-0.25, -0.2) is 13.2 Å². The Hall–Kier alpha value is -3.03. The first-order chi connectivity index (χ1) is 13.3. The molecule has 1 heterocycles. The third-order valence-corrected chi connectivity index (χ3v) is 4.83. The second-order valence-corrected chi connectivity index (χ2v) is 6.78. The molecule has 3 rings (SSSR count). The van der Waals surface area contributed by atoms with Gasteiger partial charge in [0.15, 0.2) is 17.5 Å². The number of hydrogen-bond donors (Lipinski definition) is 2. The lowest BCUT2D eigenvalue weighted by Crippen LogP contribution is -2.46. The third-order valence-electron chi connectivity index (χ3n) is 4.83. The van der Waals surface area contributed by atoms with Crippen LogP contribution < -0.4 is 15.5 Å². The summed E-state index contributed by atoms with van der Waals surface area (Å²) < 4.78 is 39.7. The van der Waals surface area contributed by atoms with Crippen LogP contribution in [0.25, 0.3) is 0 Å². The molecular weight excluding hydrogens is 371 g/mol. The summed E-state index contributed by atoms with van der Waals surface area (Å²) in [6.45, 7) is 4.07. The maximum Gasteiger partial charge on any atom is 0.243 e. The SMILES string of the molecule is CC1CN(C(C)C(=O)NCC(=O)Nc2ccc(F)c(F)c2F)c2ccccc21. The van der Waals surface area contributed by atoms with Gasteiger partial charge in [0.05, 0.1) is 12.2 Å². The number of hydrogen-bond acceptors (Lipinski definition) is 3. The Morgan fingerprint density at radius 3 is 2.61 bits per heavy atom. The van der Waals surface area contributed by atoms with Crippen LogP contribution in [-0.4, -0.2) is 30.9 Å². The lowest BCUT2D eigenvalue weighted by Gasteiger charge is -2.26. The zero-order valence-electron chi connectivity index (χ0n) is 15.4. The van der Waals surface area contributed by atoms with Crippen molar-refractivity contribution < 1.29 is 22.8 Å². The fourth-order valence-corrected chi connectivity index (χ4v) is 3.30. The van der Waals surface area contributed by atoms with Gasteiger partial charge in [-0.3, -0.25) is 9.59 Å². The van der Waals surface area contributed by atoms with Crippen LogP contribution in [0.15, 0.2) is 36.4 Å². The number of rotatable bonds is 5. The maximum absolute atomic E-state index is 13.6. The van der Waals surface area contributed by atoms with Crippen LogP contribution in [0.1, 0.15) is 25.3 Å². The van der Waals surface area contributed by atoms with Crippen molar-refractivity contribution in [3.05, 3.63) is 59.4 Å². The zero-order valence-corrected chi connectivity index (χ0v) is 15.4. The van der Waals surface area contributed by atoms with E-state index in [1.165, 1.54) is 0 Å². The van der Waals surface area contributed by atoms with Crippen molar-refractivity contribution in [2.75, 3.05) is 23.3 Å². The number of nitrogens with one attached hydrogen (secondary N) is 2.